The molecule has 1 fully saturated rings. The van der Waals surface area contributed by atoms with E-state index >= 15 is 0 Å². The van der Waals surface area contributed by atoms with E-state index < -0.39 is 0 Å². The van der Waals surface area contributed by atoms with Crippen LogP contribution >= 0.6 is 0 Å². The Morgan fingerprint density at radius 1 is 0.963 bits per heavy atom. The lowest BCUT2D eigenvalue weighted by Crippen LogP contribution is -2.48. The molecule has 0 atom stereocenters. The quantitative estimate of drug-likeness (QED) is 0.825. The zero-order chi connectivity index (χ0) is 19.4. The second-order valence-corrected chi connectivity index (χ2v) is 6.36. The molecule has 8 heteroatoms. The monoisotopic (exact) mass is 367 g/mol. The van der Waals surface area contributed by atoms with E-state index in [2.05, 4.69) is 15.3 Å². The smallest absolute Gasteiger partial charge is 0.258 e. The van der Waals surface area contributed by atoms with Gasteiger partial charge in [0.2, 0.25) is 11.9 Å². The highest BCUT2D eigenvalue weighted by molar-refractivity contribution is 6.04. The third kappa shape index (κ3) is 4.46. The molecule has 0 saturated carbocycles. The molecule has 2 amide bonds. The molecular formula is C19H21N5O3. The molecule has 8 nitrogen and oxygen atoms in total. The van der Waals surface area contributed by atoms with Crippen LogP contribution < -0.4 is 10.2 Å². The minimum Gasteiger partial charge on any atom is -0.339 e. The van der Waals surface area contributed by atoms with Gasteiger partial charge < -0.3 is 15.1 Å². The number of anilines is 2. The van der Waals surface area contributed by atoms with Crippen LogP contribution in [0.4, 0.5) is 11.6 Å². The van der Waals surface area contributed by atoms with Crippen molar-refractivity contribution in [3.05, 3.63) is 47.8 Å². The maximum Gasteiger partial charge on any atom is 0.258 e. The molecule has 0 radical (unpaired) electrons. The number of amides is 2. The minimum atomic E-state index is -0.344. The van der Waals surface area contributed by atoms with Gasteiger partial charge in [0.25, 0.3) is 5.91 Å². The zero-order valence-corrected chi connectivity index (χ0v) is 15.3. The molecule has 0 aliphatic carbocycles. The summed E-state index contributed by atoms with van der Waals surface area (Å²) in [7, 11) is 0. The normalized spacial score (nSPS) is 14.0. The van der Waals surface area contributed by atoms with Crippen LogP contribution in [0.3, 0.4) is 0 Å². The molecule has 2 aromatic rings. The first kappa shape index (κ1) is 18.5. The van der Waals surface area contributed by atoms with Gasteiger partial charge in [-0.3, -0.25) is 14.4 Å². The van der Waals surface area contributed by atoms with E-state index in [1.807, 2.05) is 4.90 Å². The number of hydrogen-bond donors (Lipinski definition) is 1. The first-order chi connectivity index (χ1) is 12.9. The first-order valence-corrected chi connectivity index (χ1v) is 8.69. The van der Waals surface area contributed by atoms with Gasteiger partial charge in [0.05, 0.1) is 5.56 Å². The van der Waals surface area contributed by atoms with Crippen LogP contribution in [0.15, 0.2) is 36.7 Å². The van der Waals surface area contributed by atoms with Crippen LogP contribution in [0.25, 0.3) is 0 Å². The highest BCUT2D eigenvalue weighted by Crippen LogP contribution is 2.14. The van der Waals surface area contributed by atoms with Crippen LogP contribution in [-0.4, -0.2) is 58.6 Å². The van der Waals surface area contributed by atoms with Gasteiger partial charge in [-0.1, -0.05) is 12.1 Å². The molecule has 3 rings (SSSR count). The second kappa shape index (κ2) is 7.94. The van der Waals surface area contributed by atoms with Gasteiger partial charge in [-0.2, -0.15) is 0 Å². The van der Waals surface area contributed by atoms with Crippen LogP contribution in [0.5, 0.6) is 0 Å². The van der Waals surface area contributed by atoms with Crippen molar-refractivity contribution in [1.82, 2.24) is 14.9 Å². The number of hydrogen-bond acceptors (Lipinski definition) is 6. The van der Waals surface area contributed by atoms with Gasteiger partial charge in [-0.25, -0.2) is 9.97 Å². The van der Waals surface area contributed by atoms with E-state index in [0.29, 0.717) is 48.9 Å². The van der Waals surface area contributed by atoms with Crippen LogP contribution in [-0.2, 0) is 4.79 Å². The Morgan fingerprint density at radius 2 is 1.63 bits per heavy atom. The maximum atomic E-state index is 12.4. The number of rotatable bonds is 4. The van der Waals surface area contributed by atoms with Crippen molar-refractivity contribution in [3.8, 4) is 0 Å². The molecular weight excluding hydrogens is 346 g/mol. The number of ketones is 1. The number of Topliss-reactive ketones (excluding diaryl/α,β-unsaturated/α-hetero) is 1. The number of benzene rings is 1. The molecule has 1 aliphatic heterocycles. The predicted octanol–water partition coefficient (Wildman–Crippen LogP) is 1.60. The third-order valence-corrected chi connectivity index (χ3v) is 4.44. The Balaban J connectivity index is 1.63. The molecule has 1 aliphatic rings. The lowest BCUT2D eigenvalue weighted by molar-refractivity contribution is -0.129. The molecule has 140 valence electrons. The van der Waals surface area contributed by atoms with E-state index in [1.165, 1.54) is 19.3 Å². The molecule has 0 spiro atoms. The van der Waals surface area contributed by atoms with Crippen molar-refractivity contribution >= 4 is 29.2 Å². The molecule has 1 aromatic heterocycles. The van der Waals surface area contributed by atoms with E-state index in [-0.39, 0.29) is 17.6 Å². The molecule has 0 bridgehead atoms. The van der Waals surface area contributed by atoms with Crippen molar-refractivity contribution in [2.24, 2.45) is 0 Å². The zero-order valence-electron chi connectivity index (χ0n) is 15.3. The summed E-state index contributed by atoms with van der Waals surface area (Å²) in [5, 5.41) is 2.74. The van der Waals surface area contributed by atoms with Gasteiger partial charge >= 0.3 is 0 Å². The topological polar surface area (TPSA) is 95.5 Å². The predicted molar refractivity (Wildman–Crippen MR) is 101 cm³/mol. The Kier molecular flexibility index (Phi) is 5.44. The van der Waals surface area contributed by atoms with Gasteiger partial charge in [0.1, 0.15) is 0 Å². The SMILES string of the molecule is CC(=O)c1cccc(NC(=O)c2cnc(N3CCN(C(C)=O)CC3)nc2)c1. The van der Waals surface area contributed by atoms with Crippen molar-refractivity contribution < 1.29 is 14.4 Å². The van der Waals surface area contributed by atoms with Crippen LogP contribution in [0.1, 0.15) is 34.6 Å². The summed E-state index contributed by atoms with van der Waals surface area (Å²) >= 11 is 0. The molecule has 1 aromatic carbocycles. The highest BCUT2D eigenvalue weighted by Gasteiger charge is 2.20. The molecule has 0 unspecified atom stereocenters. The summed E-state index contributed by atoms with van der Waals surface area (Å²) in [4.78, 5) is 47.5. The van der Waals surface area contributed by atoms with Crippen LogP contribution in [0, 0.1) is 0 Å². The molecule has 1 saturated heterocycles. The number of nitrogens with one attached hydrogen (secondary N) is 1. The molecule has 27 heavy (non-hydrogen) atoms. The summed E-state index contributed by atoms with van der Waals surface area (Å²) in [5.74, 6) is 0.192. The number of carbonyl (C=O) groups is 3. The molecule has 1 N–H and O–H groups in total. The Bertz CT molecular complexity index is 858. The lowest BCUT2D eigenvalue weighted by atomic mass is 10.1. The summed E-state index contributed by atoms with van der Waals surface area (Å²) in [5.41, 5.74) is 1.40. The first-order valence-electron chi connectivity index (χ1n) is 8.69. The summed E-state index contributed by atoms with van der Waals surface area (Å²) in [6.07, 6.45) is 2.95. The standard InChI is InChI=1S/C19H21N5O3/c1-13(25)15-4-3-5-17(10-15)22-18(27)16-11-20-19(21-12-16)24-8-6-23(7-9-24)14(2)26/h3-5,10-12H,6-9H2,1-2H3,(H,22,27). The van der Waals surface area contributed by atoms with Gasteiger partial charge in [0.15, 0.2) is 5.78 Å². The summed E-state index contributed by atoms with van der Waals surface area (Å²) in [6.45, 7) is 5.61. The van der Waals surface area contributed by atoms with Crippen LogP contribution in [0.2, 0.25) is 0 Å². The average Bonchev–Trinajstić information content (AvgIpc) is 2.68. The van der Waals surface area contributed by atoms with E-state index in [4.69, 9.17) is 0 Å². The highest BCUT2D eigenvalue weighted by atomic mass is 16.2. The fourth-order valence-corrected chi connectivity index (χ4v) is 2.84. The third-order valence-electron chi connectivity index (χ3n) is 4.44. The van der Waals surface area contributed by atoms with Crippen molar-refractivity contribution in [2.75, 3.05) is 36.4 Å². The number of carbonyl (C=O) groups excluding carboxylic acids is 3. The van der Waals surface area contributed by atoms with Gasteiger partial charge in [-0.15, -0.1) is 0 Å². The number of nitrogens with zero attached hydrogens (tertiary/aromatic N) is 4. The number of piperazine rings is 1. The Hall–Kier alpha value is -3.29. The maximum absolute atomic E-state index is 12.4. The van der Waals surface area contributed by atoms with E-state index in [0.717, 1.165) is 0 Å². The Labute approximate surface area is 157 Å². The van der Waals surface area contributed by atoms with E-state index in [1.54, 1.807) is 36.1 Å². The number of aromatic nitrogens is 2. The largest absolute Gasteiger partial charge is 0.339 e. The minimum absolute atomic E-state index is 0.0661. The van der Waals surface area contributed by atoms with Gasteiger partial charge in [0, 0.05) is 56.7 Å². The van der Waals surface area contributed by atoms with E-state index in [9.17, 15) is 14.4 Å². The molecule has 2 heterocycles. The summed E-state index contributed by atoms with van der Waals surface area (Å²) in [6, 6.07) is 6.76. The van der Waals surface area contributed by atoms with Crippen molar-refractivity contribution in [2.45, 2.75) is 13.8 Å². The van der Waals surface area contributed by atoms with Crippen molar-refractivity contribution in [1.29, 1.82) is 0 Å². The van der Waals surface area contributed by atoms with Gasteiger partial charge in [-0.05, 0) is 19.1 Å². The fraction of sp³-hybridized carbons (Fsp3) is 0.316. The Morgan fingerprint density at radius 3 is 2.22 bits per heavy atom. The fourth-order valence-electron chi connectivity index (χ4n) is 2.84. The summed E-state index contributed by atoms with van der Waals surface area (Å²) < 4.78 is 0. The van der Waals surface area contributed by atoms with Crippen molar-refractivity contribution in [3.63, 3.8) is 0 Å². The lowest BCUT2D eigenvalue weighted by Gasteiger charge is -2.34. The average molecular weight is 367 g/mol. The second-order valence-electron chi connectivity index (χ2n) is 6.36.